The standard InChI is InChI=1S/C19H18ClFN2O/c1-12(8-14-11-22-18-5-3-2-4-16(14)18)19(24)23-10-13-6-7-15(21)9-17(13)20/h2-7,9,11-12,22H,8,10H2,1H3,(H,23,24). The first-order valence-corrected chi connectivity index (χ1v) is 8.19. The van der Waals surface area contributed by atoms with Crippen molar-refractivity contribution in [2.45, 2.75) is 19.9 Å². The van der Waals surface area contributed by atoms with E-state index in [1.165, 1.54) is 12.1 Å². The van der Waals surface area contributed by atoms with E-state index in [-0.39, 0.29) is 24.2 Å². The van der Waals surface area contributed by atoms with Gasteiger partial charge in [-0.2, -0.15) is 0 Å². The number of aromatic amines is 1. The maximum absolute atomic E-state index is 13.0. The van der Waals surface area contributed by atoms with Crippen LogP contribution in [0.4, 0.5) is 4.39 Å². The number of nitrogens with one attached hydrogen (secondary N) is 2. The van der Waals surface area contributed by atoms with E-state index >= 15 is 0 Å². The Labute approximate surface area is 144 Å². The second kappa shape index (κ2) is 7.05. The van der Waals surface area contributed by atoms with Gasteiger partial charge in [-0.1, -0.05) is 42.8 Å². The van der Waals surface area contributed by atoms with E-state index in [0.717, 1.165) is 16.5 Å². The van der Waals surface area contributed by atoms with Crippen LogP contribution in [0.3, 0.4) is 0 Å². The summed E-state index contributed by atoms with van der Waals surface area (Å²) < 4.78 is 13.0. The van der Waals surface area contributed by atoms with Gasteiger partial charge in [0.05, 0.1) is 0 Å². The van der Waals surface area contributed by atoms with Crippen molar-refractivity contribution in [1.82, 2.24) is 10.3 Å². The molecule has 1 heterocycles. The highest BCUT2D eigenvalue weighted by molar-refractivity contribution is 6.31. The van der Waals surface area contributed by atoms with E-state index < -0.39 is 0 Å². The SMILES string of the molecule is CC(Cc1c[nH]c2ccccc12)C(=O)NCc1ccc(F)cc1Cl. The van der Waals surface area contributed by atoms with Gasteiger partial charge >= 0.3 is 0 Å². The number of amides is 1. The molecular formula is C19H18ClFN2O. The zero-order valence-electron chi connectivity index (χ0n) is 13.3. The molecule has 5 heteroatoms. The Morgan fingerprint density at radius 1 is 1.25 bits per heavy atom. The molecule has 3 aromatic rings. The number of para-hydroxylation sites is 1. The van der Waals surface area contributed by atoms with Gasteiger partial charge in [-0.05, 0) is 35.7 Å². The van der Waals surface area contributed by atoms with E-state index in [0.29, 0.717) is 17.0 Å². The van der Waals surface area contributed by atoms with Crippen molar-refractivity contribution in [1.29, 1.82) is 0 Å². The lowest BCUT2D eigenvalue weighted by Crippen LogP contribution is -2.29. The van der Waals surface area contributed by atoms with Gasteiger partial charge in [-0.25, -0.2) is 4.39 Å². The van der Waals surface area contributed by atoms with Gasteiger partial charge in [0, 0.05) is 34.6 Å². The Kier molecular flexibility index (Phi) is 4.86. The van der Waals surface area contributed by atoms with Gasteiger partial charge in [0.25, 0.3) is 0 Å². The first-order valence-electron chi connectivity index (χ1n) is 7.81. The molecule has 1 aromatic heterocycles. The third-order valence-corrected chi connectivity index (χ3v) is 4.47. The van der Waals surface area contributed by atoms with Gasteiger partial charge in [0.2, 0.25) is 5.91 Å². The van der Waals surface area contributed by atoms with Gasteiger partial charge in [0.1, 0.15) is 5.82 Å². The minimum Gasteiger partial charge on any atom is -0.361 e. The minimum absolute atomic E-state index is 0.0549. The third-order valence-electron chi connectivity index (χ3n) is 4.12. The van der Waals surface area contributed by atoms with Crippen LogP contribution in [0.1, 0.15) is 18.1 Å². The largest absolute Gasteiger partial charge is 0.361 e. The Balaban J connectivity index is 1.62. The number of rotatable bonds is 5. The van der Waals surface area contributed by atoms with Crippen molar-refractivity contribution in [2.75, 3.05) is 0 Å². The molecule has 3 rings (SSSR count). The van der Waals surface area contributed by atoms with E-state index in [1.807, 2.05) is 37.4 Å². The summed E-state index contributed by atoms with van der Waals surface area (Å²) in [6.07, 6.45) is 2.60. The molecule has 0 radical (unpaired) electrons. The molecule has 24 heavy (non-hydrogen) atoms. The van der Waals surface area contributed by atoms with Gasteiger partial charge < -0.3 is 10.3 Å². The third kappa shape index (κ3) is 3.60. The molecule has 0 aliphatic heterocycles. The smallest absolute Gasteiger partial charge is 0.223 e. The second-order valence-electron chi connectivity index (χ2n) is 5.92. The Bertz CT molecular complexity index is 875. The first kappa shape index (κ1) is 16.5. The summed E-state index contributed by atoms with van der Waals surface area (Å²) in [7, 11) is 0. The second-order valence-corrected chi connectivity index (χ2v) is 6.33. The molecule has 0 fully saturated rings. The highest BCUT2D eigenvalue weighted by Gasteiger charge is 2.16. The number of aromatic nitrogens is 1. The minimum atomic E-state index is -0.386. The zero-order chi connectivity index (χ0) is 17.1. The molecule has 2 N–H and O–H groups in total. The number of carbonyl (C=O) groups excluding carboxylic acids is 1. The van der Waals surface area contributed by atoms with Crippen LogP contribution >= 0.6 is 11.6 Å². The number of H-pyrrole nitrogens is 1. The number of carbonyl (C=O) groups is 1. The van der Waals surface area contributed by atoms with Crippen LogP contribution < -0.4 is 5.32 Å². The lowest BCUT2D eigenvalue weighted by molar-refractivity contribution is -0.124. The molecule has 124 valence electrons. The lowest BCUT2D eigenvalue weighted by Gasteiger charge is -2.12. The molecule has 2 aromatic carbocycles. The number of hydrogen-bond donors (Lipinski definition) is 2. The lowest BCUT2D eigenvalue weighted by atomic mass is 10.00. The van der Waals surface area contributed by atoms with Crippen LogP contribution in [-0.4, -0.2) is 10.9 Å². The quantitative estimate of drug-likeness (QED) is 0.705. The summed E-state index contributed by atoms with van der Waals surface area (Å²) in [5.74, 6) is -0.619. The van der Waals surface area contributed by atoms with Crippen molar-refractivity contribution in [3.63, 3.8) is 0 Å². The fraction of sp³-hybridized carbons (Fsp3) is 0.211. The van der Waals surface area contributed by atoms with Gasteiger partial charge in [0.15, 0.2) is 0 Å². The van der Waals surface area contributed by atoms with Crippen molar-refractivity contribution in [3.05, 3.63) is 70.6 Å². The topological polar surface area (TPSA) is 44.9 Å². The van der Waals surface area contributed by atoms with E-state index in [1.54, 1.807) is 6.07 Å². The average Bonchev–Trinajstić information content (AvgIpc) is 2.97. The van der Waals surface area contributed by atoms with Crippen LogP contribution in [0, 0.1) is 11.7 Å². The molecule has 0 saturated heterocycles. The summed E-state index contributed by atoms with van der Waals surface area (Å²) in [5, 5.41) is 4.32. The molecule has 1 unspecified atom stereocenters. The Morgan fingerprint density at radius 2 is 2.04 bits per heavy atom. The van der Waals surface area contributed by atoms with Gasteiger partial charge in [-0.3, -0.25) is 4.79 Å². The van der Waals surface area contributed by atoms with Crippen LogP contribution in [0.25, 0.3) is 10.9 Å². The van der Waals surface area contributed by atoms with E-state index in [2.05, 4.69) is 10.3 Å². The van der Waals surface area contributed by atoms with Crippen molar-refractivity contribution in [2.24, 2.45) is 5.92 Å². The Hall–Kier alpha value is -2.33. The fourth-order valence-corrected chi connectivity index (χ4v) is 2.98. The highest BCUT2D eigenvalue weighted by Crippen LogP contribution is 2.21. The van der Waals surface area contributed by atoms with Gasteiger partial charge in [-0.15, -0.1) is 0 Å². The summed E-state index contributed by atoms with van der Waals surface area (Å²) in [5.41, 5.74) is 2.89. The summed E-state index contributed by atoms with van der Waals surface area (Å²) >= 11 is 5.98. The molecule has 0 spiro atoms. The predicted octanol–water partition coefficient (Wildman–Crippen LogP) is 4.46. The number of halogens is 2. The molecule has 0 aliphatic rings. The zero-order valence-corrected chi connectivity index (χ0v) is 14.0. The maximum Gasteiger partial charge on any atom is 0.223 e. The van der Waals surface area contributed by atoms with Crippen LogP contribution in [-0.2, 0) is 17.8 Å². The van der Waals surface area contributed by atoms with Crippen LogP contribution in [0.5, 0.6) is 0 Å². The molecule has 0 aliphatic carbocycles. The number of fused-ring (bicyclic) bond motifs is 1. The van der Waals surface area contributed by atoms with Crippen molar-refractivity contribution in [3.8, 4) is 0 Å². The number of hydrogen-bond acceptors (Lipinski definition) is 1. The van der Waals surface area contributed by atoms with E-state index in [9.17, 15) is 9.18 Å². The molecule has 3 nitrogen and oxygen atoms in total. The first-order chi connectivity index (χ1) is 11.5. The summed E-state index contributed by atoms with van der Waals surface area (Å²) in [6.45, 7) is 2.18. The van der Waals surface area contributed by atoms with E-state index in [4.69, 9.17) is 11.6 Å². The predicted molar refractivity (Wildman–Crippen MR) is 94.4 cm³/mol. The van der Waals surface area contributed by atoms with Crippen LogP contribution in [0.2, 0.25) is 5.02 Å². The molecule has 1 atom stereocenters. The summed E-state index contributed by atoms with van der Waals surface area (Å²) in [6, 6.07) is 12.2. The number of benzene rings is 2. The van der Waals surface area contributed by atoms with Crippen LogP contribution in [0.15, 0.2) is 48.7 Å². The fourth-order valence-electron chi connectivity index (χ4n) is 2.74. The molecule has 1 amide bonds. The monoisotopic (exact) mass is 344 g/mol. The Morgan fingerprint density at radius 3 is 2.83 bits per heavy atom. The normalized spacial score (nSPS) is 12.3. The highest BCUT2D eigenvalue weighted by atomic mass is 35.5. The molecule has 0 saturated carbocycles. The van der Waals surface area contributed by atoms with Crippen molar-refractivity contribution >= 4 is 28.4 Å². The molecule has 0 bridgehead atoms. The van der Waals surface area contributed by atoms with Crippen molar-refractivity contribution < 1.29 is 9.18 Å². The maximum atomic E-state index is 13.0. The summed E-state index contributed by atoms with van der Waals surface area (Å²) in [4.78, 5) is 15.5. The average molecular weight is 345 g/mol. The molecular weight excluding hydrogens is 327 g/mol.